The molecule has 1 aliphatic heterocycles. The van der Waals surface area contributed by atoms with Crippen LogP contribution in [-0.2, 0) is 0 Å². The fourth-order valence-corrected chi connectivity index (χ4v) is 1.39. The van der Waals surface area contributed by atoms with Crippen LogP contribution in [0.3, 0.4) is 0 Å². The molecule has 0 saturated carbocycles. The molecule has 0 aliphatic carbocycles. The van der Waals surface area contributed by atoms with Crippen LogP contribution in [0.1, 0.15) is 48.5 Å². The van der Waals surface area contributed by atoms with E-state index < -0.39 is 0 Å². The maximum absolute atomic E-state index is 2.55. The highest BCUT2D eigenvalue weighted by molar-refractivity contribution is 4.79. The Bertz CT molecular complexity index is 85.5. The monoisotopic (exact) mass is 159 g/mol. The summed E-state index contributed by atoms with van der Waals surface area (Å²) in [6, 6.07) is 0. The molecule has 0 atom stereocenters. The van der Waals surface area contributed by atoms with Gasteiger partial charge in [-0.05, 0) is 46.7 Å². The Hall–Kier alpha value is -0.0400. The summed E-state index contributed by atoms with van der Waals surface area (Å²) >= 11 is 0. The van der Waals surface area contributed by atoms with Gasteiger partial charge in [-0.3, -0.25) is 4.90 Å². The van der Waals surface area contributed by atoms with E-state index in [1.165, 1.54) is 25.9 Å². The van der Waals surface area contributed by atoms with Crippen molar-refractivity contribution in [3.05, 3.63) is 0 Å². The molecule has 0 spiro atoms. The van der Waals surface area contributed by atoms with E-state index in [0.717, 1.165) is 0 Å². The van der Waals surface area contributed by atoms with Gasteiger partial charge in [0.2, 0.25) is 0 Å². The number of hydrogen-bond acceptors (Lipinski definition) is 1. The maximum Gasteiger partial charge on any atom is 0.0125 e. The summed E-state index contributed by atoms with van der Waals surface area (Å²) in [5.74, 6) is 0. The topological polar surface area (TPSA) is 3.24 Å². The zero-order valence-electron chi connectivity index (χ0n) is 6.78. The molecule has 70 valence electrons. The summed E-state index contributed by atoms with van der Waals surface area (Å²) in [5, 5.41) is 0. The summed E-state index contributed by atoms with van der Waals surface area (Å²) in [6.07, 6.45) is 2.80. The third-order valence-corrected chi connectivity index (χ3v) is 2.05. The summed E-state index contributed by atoms with van der Waals surface area (Å²) in [4.78, 5) is 2.55. The molecule has 0 amide bonds. The van der Waals surface area contributed by atoms with E-state index in [0.29, 0.717) is 5.54 Å². The van der Waals surface area contributed by atoms with Crippen LogP contribution in [0.25, 0.3) is 0 Å². The van der Waals surface area contributed by atoms with E-state index in [-0.39, 0.29) is 14.9 Å². The third kappa shape index (κ3) is 3.76. The fraction of sp³-hybridized carbons (Fsp3) is 1.00. The Morgan fingerprint density at radius 1 is 0.909 bits per heavy atom. The van der Waals surface area contributed by atoms with E-state index in [2.05, 4.69) is 25.7 Å². The van der Waals surface area contributed by atoms with Crippen LogP contribution in [-0.4, -0.2) is 23.5 Å². The summed E-state index contributed by atoms with van der Waals surface area (Å²) in [5.41, 5.74) is 0.413. The molecular weight excluding hydrogens is 134 g/mol. The van der Waals surface area contributed by atoms with Crippen molar-refractivity contribution in [3.63, 3.8) is 0 Å². The van der Waals surface area contributed by atoms with Crippen LogP contribution in [0.2, 0.25) is 0 Å². The molecule has 0 aromatic carbocycles. The second-order valence-electron chi connectivity index (χ2n) is 3.86. The van der Waals surface area contributed by atoms with Gasteiger partial charge in [-0.25, -0.2) is 0 Å². The van der Waals surface area contributed by atoms with Crippen LogP contribution >= 0.6 is 0 Å². The molecule has 1 heteroatoms. The van der Waals surface area contributed by atoms with Crippen LogP contribution in [0.15, 0.2) is 0 Å². The Kier molecular flexibility index (Phi) is 5.86. The predicted octanol–water partition coefficient (Wildman–Crippen LogP) is 3.15. The van der Waals surface area contributed by atoms with Gasteiger partial charge in [0.1, 0.15) is 0 Å². The minimum atomic E-state index is 0. The van der Waals surface area contributed by atoms with E-state index in [9.17, 15) is 0 Å². The standard InChI is InChI=1S/C8H17N.2CH4/c1-8(2,3)9-6-4-5-7-9;;/h4-7H2,1-3H3;2*1H4. The summed E-state index contributed by atoms with van der Waals surface area (Å²) in [6.45, 7) is 9.49. The van der Waals surface area contributed by atoms with Gasteiger partial charge in [0.25, 0.3) is 0 Å². The zero-order valence-corrected chi connectivity index (χ0v) is 6.78. The van der Waals surface area contributed by atoms with Crippen LogP contribution in [0, 0.1) is 0 Å². The highest BCUT2D eigenvalue weighted by Gasteiger charge is 2.23. The van der Waals surface area contributed by atoms with Gasteiger partial charge in [0, 0.05) is 5.54 Å². The molecule has 1 aliphatic rings. The van der Waals surface area contributed by atoms with Crippen LogP contribution in [0.4, 0.5) is 0 Å². The van der Waals surface area contributed by atoms with E-state index >= 15 is 0 Å². The second kappa shape index (κ2) is 4.76. The molecular formula is C10H25N. The van der Waals surface area contributed by atoms with Gasteiger partial charge in [-0.2, -0.15) is 0 Å². The Morgan fingerprint density at radius 3 is 1.45 bits per heavy atom. The molecule has 0 aromatic heterocycles. The second-order valence-corrected chi connectivity index (χ2v) is 3.86. The first-order valence-corrected chi connectivity index (χ1v) is 3.86. The van der Waals surface area contributed by atoms with Crippen molar-refractivity contribution < 1.29 is 0 Å². The van der Waals surface area contributed by atoms with Gasteiger partial charge >= 0.3 is 0 Å². The quantitative estimate of drug-likeness (QED) is 0.525. The van der Waals surface area contributed by atoms with Gasteiger partial charge in [-0.1, -0.05) is 14.9 Å². The SMILES string of the molecule is C.C.CC(C)(C)N1CCCC1. The summed E-state index contributed by atoms with van der Waals surface area (Å²) in [7, 11) is 0. The lowest BCUT2D eigenvalue weighted by Gasteiger charge is -2.31. The average Bonchev–Trinajstić information content (AvgIpc) is 2.08. The fourth-order valence-electron chi connectivity index (χ4n) is 1.39. The number of rotatable bonds is 0. The highest BCUT2D eigenvalue weighted by Crippen LogP contribution is 2.19. The maximum atomic E-state index is 2.55. The third-order valence-electron chi connectivity index (χ3n) is 2.05. The first-order chi connectivity index (χ1) is 4.11. The van der Waals surface area contributed by atoms with Gasteiger partial charge in [0.05, 0.1) is 0 Å². The van der Waals surface area contributed by atoms with E-state index in [4.69, 9.17) is 0 Å². The molecule has 1 nitrogen and oxygen atoms in total. The Balaban J connectivity index is 0. The molecule has 0 N–H and O–H groups in total. The minimum absolute atomic E-state index is 0. The Morgan fingerprint density at radius 2 is 1.27 bits per heavy atom. The molecule has 1 heterocycles. The molecule has 1 saturated heterocycles. The molecule has 0 bridgehead atoms. The van der Waals surface area contributed by atoms with Crippen molar-refractivity contribution in [2.24, 2.45) is 0 Å². The normalized spacial score (nSPS) is 18.8. The van der Waals surface area contributed by atoms with Crippen molar-refractivity contribution >= 4 is 0 Å². The van der Waals surface area contributed by atoms with E-state index in [1.54, 1.807) is 0 Å². The predicted molar refractivity (Wildman–Crippen MR) is 54.0 cm³/mol. The van der Waals surface area contributed by atoms with Crippen molar-refractivity contribution in [3.8, 4) is 0 Å². The Labute approximate surface area is 72.8 Å². The van der Waals surface area contributed by atoms with Gasteiger partial charge in [-0.15, -0.1) is 0 Å². The lowest BCUT2D eigenvalue weighted by molar-refractivity contribution is 0.175. The minimum Gasteiger partial charge on any atom is -0.298 e. The van der Waals surface area contributed by atoms with Crippen LogP contribution < -0.4 is 0 Å². The average molecular weight is 159 g/mol. The lowest BCUT2D eigenvalue weighted by atomic mass is 10.1. The van der Waals surface area contributed by atoms with Crippen molar-refractivity contribution in [2.45, 2.75) is 54.0 Å². The first kappa shape index (κ1) is 13.5. The first-order valence-electron chi connectivity index (χ1n) is 3.86. The highest BCUT2D eigenvalue weighted by atomic mass is 15.2. The molecule has 1 rings (SSSR count). The van der Waals surface area contributed by atoms with Gasteiger partial charge < -0.3 is 0 Å². The number of likely N-dealkylation sites (tertiary alicyclic amines) is 1. The molecule has 1 fully saturated rings. The van der Waals surface area contributed by atoms with Crippen molar-refractivity contribution in [2.75, 3.05) is 13.1 Å². The smallest absolute Gasteiger partial charge is 0.0125 e. The van der Waals surface area contributed by atoms with Crippen LogP contribution in [0.5, 0.6) is 0 Å². The number of hydrogen-bond donors (Lipinski definition) is 0. The van der Waals surface area contributed by atoms with Crippen molar-refractivity contribution in [1.29, 1.82) is 0 Å². The molecule has 11 heavy (non-hydrogen) atoms. The molecule has 0 unspecified atom stereocenters. The number of nitrogens with zero attached hydrogens (tertiary/aromatic N) is 1. The largest absolute Gasteiger partial charge is 0.298 e. The molecule has 0 aromatic rings. The zero-order chi connectivity index (χ0) is 6.91. The van der Waals surface area contributed by atoms with Crippen molar-refractivity contribution in [1.82, 2.24) is 4.90 Å². The molecule has 0 radical (unpaired) electrons. The lowest BCUT2D eigenvalue weighted by Crippen LogP contribution is -2.38. The van der Waals surface area contributed by atoms with E-state index in [1.807, 2.05) is 0 Å². The van der Waals surface area contributed by atoms with Gasteiger partial charge in [0.15, 0.2) is 0 Å². The summed E-state index contributed by atoms with van der Waals surface area (Å²) < 4.78 is 0.